The van der Waals surface area contributed by atoms with Crippen molar-refractivity contribution >= 4 is 22.5 Å². The van der Waals surface area contributed by atoms with Crippen molar-refractivity contribution in [3.63, 3.8) is 0 Å². The Balaban J connectivity index is 2.01. The molecule has 0 fully saturated rings. The SMILES string of the molecule is Cc1cc(Cl)c2nn(Cc3ccccn3)cc2c1. The van der Waals surface area contributed by atoms with Crippen LogP contribution in [0.15, 0.2) is 42.7 Å². The summed E-state index contributed by atoms with van der Waals surface area (Å²) in [6.45, 7) is 2.69. The van der Waals surface area contributed by atoms with Crippen molar-refractivity contribution in [2.45, 2.75) is 13.5 Å². The van der Waals surface area contributed by atoms with E-state index >= 15 is 0 Å². The molecule has 0 radical (unpaired) electrons. The average Bonchev–Trinajstić information content (AvgIpc) is 2.73. The second-order valence-corrected chi connectivity index (χ2v) is 4.74. The molecule has 0 unspecified atom stereocenters. The molecule has 1 aromatic carbocycles. The fourth-order valence-corrected chi connectivity index (χ4v) is 2.34. The minimum absolute atomic E-state index is 0.658. The van der Waals surface area contributed by atoms with Crippen molar-refractivity contribution in [3.8, 4) is 0 Å². The van der Waals surface area contributed by atoms with Crippen LogP contribution in [-0.2, 0) is 6.54 Å². The zero-order valence-electron chi connectivity index (χ0n) is 9.97. The van der Waals surface area contributed by atoms with E-state index in [1.54, 1.807) is 6.20 Å². The van der Waals surface area contributed by atoms with Crippen LogP contribution in [0.4, 0.5) is 0 Å². The summed E-state index contributed by atoms with van der Waals surface area (Å²) in [5.41, 5.74) is 2.97. The van der Waals surface area contributed by atoms with Crippen LogP contribution in [0.3, 0.4) is 0 Å². The van der Waals surface area contributed by atoms with Crippen LogP contribution in [0.1, 0.15) is 11.3 Å². The smallest absolute Gasteiger partial charge is 0.111 e. The van der Waals surface area contributed by atoms with Gasteiger partial charge < -0.3 is 0 Å². The van der Waals surface area contributed by atoms with E-state index in [-0.39, 0.29) is 0 Å². The molecule has 3 nitrogen and oxygen atoms in total. The first-order valence-corrected chi connectivity index (χ1v) is 6.13. The normalized spacial score (nSPS) is 11.0. The third kappa shape index (κ3) is 2.09. The molecule has 3 rings (SSSR count). The molecule has 0 aliphatic rings. The minimum atomic E-state index is 0.658. The maximum absolute atomic E-state index is 6.19. The molecule has 90 valence electrons. The van der Waals surface area contributed by atoms with Gasteiger partial charge in [-0.05, 0) is 36.8 Å². The van der Waals surface area contributed by atoms with Gasteiger partial charge in [0, 0.05) is 17.8 Å². The van der Waals surface area contributed by atoms with Crippen LogP contribution in [0.2, 0.25) is 5.02 Å². The molecule has 0 spiro atoms. The summed E-state index contributed by atoms with van der Waals surface area (Å²) in [6, 6.07) is 9.89. The van der Waals surface area contributed by atoms with Gasteiger partial charge in [-0.25, -0.2) is 0 Å². The first-order chi connectivity index (χ1) is 8.72. The zero-order valence-corrected chi connectivity index (χ0v) is 10.7. The van der Waals surface area contributed by atoms with E-state index in [2.05, 4.69) is 16.1 Å². The molecule has 0 aliphatic heterocycles. The summed E-state index contributed by atoms with van der Waals surface area (Å²) in [7, 11) is 0. The van der Waals surface area contributed by atoms with E-state index in [1.165, 1.54) is 0 Å². The Morgan fingerprint density at radius 3 is 2.94 bits per heavy atom. The number of aromatic nitrogens is 3. The maximum atomic E-state index is 6.19. The monoisotopic (exact) mass is 257 g/mol. The Bertz CT molecular complexity index is 689. The summed E-state index contributed by atoms with van der Waals surface area (Å²) >= 11 is 6.19. The Kier molecular flexibility index (Phi) is 2.76. The van der Waals surface area contributed by atoms with Crippen molar-refractivity contribution in [2.24, 2.45) is 0 Å². The number of rotatable bonds is 2. The molecule has 0 aliphatic carbocycles. The molecule has 0 amide bonds. The van der Waals surface area contributed by atoms with Crippen LogP contribution in [0, 0.1) is 6.92 Å². The molecule has 3 aromatic rings. The fraction of sp³-hybridized carbons (Fsp3) is 0.143. The molecule has 0 saturated carbocycles. The first kappa shape index (κ1) is 11.2. The molecule has 0 N–H and O–H groups in total. The van der Waals surface area contributed by atoms with Gasteiger partial charge in [0.05, 0.1) is 17.3 Å². The third-order valence-electron chi connectivity index (χ3n) is 2.80. The zero-order chi connectivity index (χ0) is 12.5. The van der Waals surface area contributed by atoms with Gasteiger partial charge in [0.15, 0.2) is 0 Å². The lowest BCUT2D eigenvalue weighted by atomic mass is 10.2. The number of aryl methyl sites for hydroxylation is 1. The number of pyridine rings is 1. The van der Waals surface area contributed by atoms with Gasteiger partial charge in [-0.3, -0.25) is 9.67 Å². The largest absolute Gasteiger partial charge is 0.265 e. The summed E-state index contributed by atoms with van der Waals surface area (Å²) in [5.74, 6) is 0. The van der Waals surface area contributed by atoms with Crippen LogP contribution in [0.25, 0.3) is 10.9 Å². The number of hydrogen-bond donors (Lipinski definition) is 0. The third-order valence-corrected chi connectivity index (χ3v) is 3.09. The topological polar surface area (TPSA) is 30.7 Å². The predicted molar refractivity (Wildman–Crippen MR) is 72.8 cm³/mol. The van der Waals surface area contributed by atoms with E-state index in [4.69, 9.17) is 11.6 Å². The molecule has 2 aromatic heterocycles. The average molecular weight is 258 g/mol. The lowest BCUT2D eigenvalue weighted by Crippen LogP contribution is -2.01. The molecule has 0 saturated heterocycles. The van der Waals surface area contributed by atoms with Crippen LogP contribution in [0.5, 0.6) is 0 Å². The lowest BCUT2D eigenvalue weighted by molar-refractivity contribution is 0.681. The van der Waals surface area contributed by atoms with E-state index < -0.39 is 0 Å². The fourth-order valence-electron chi connectivity index (χ4n) is 2.02. The standard InChI is InChI=1S/C14H12ClN3/c1-10-6-11-8-18(17-14(11)13(15)7-10)9-12-4-2-3-5-16-12/h2-8H,9H2,1H3. The van der Waals surface area contributed by atoms with Crippen molar-refractivity contribution in [2.75, 3.05) is 0 Å². The summed E-state index contributed by atoms with van der Waals surface area (Å²) in [5, 5.41) is 6.26. The number of fused-ring (bicyclic) bond motifs is 1. The molecular weight excluding hydrogens is 246 g/mol. The van der Waals surface area contributed by atoms with Crippen molar-refractivity contribution in [1.29, 1.82) is 0 Å². The highest BCUT2D eigenvalue weighted by atomic mass is 35.5. The van der Waals surface area contributed by atoms with Gasteiger partial charge in [0.25, 0.3) is 0 Å². The van der Waals surface area contributed by atoms with Gasteiger partial charge in [-0.15, -0.1) is 0 Å². The van der Waals surface area contributed by atoms with Crippen molar-refractivity contribution < 1.29 is 0 Å². The Hall–Kier alpha value is -1.87. The number of nitrogens with zero attached hydrogens (tertiary/aromatic N) is 3. The van der Waals surface area contributed by atoms with Gasteiger partial charge in [-0.2, -0.15) is 5.10 Å². The summed E-state index contributed by atoms with van der Waals surface area (Å²) in [6.07, 6.45) is 3.79. The lowest BCUT2D eigenvalue weighted by Gasteiger charge is -1.99. The van der Waals surface area contributed by atoms with Gasteiger partial charge in [0.1, 0.15) is 5.52 Å². The Morgan fingerprint density at radius 2 is 2.17 bits per heavy atom. The Morgan fingerprint density at radius 1 is 1.28 bits per heavy atom. The summed E-state index contributed by atoms with van der Waals surface area (Å²) in [4.78, 5) is 4.29. The molecule has 0 bridgehead atoms. The first-order valence-electron chi connectivity index (χ1n) is 5.75. The van der Waals surface area contributed by atoms with E-state index in [9.17, 15) is 0 Å². The number of hydrogen-bond acceptors (Lipinski definition) is 2. The van der Waals surface area contributed by atoms with E-state index in [1.807, 2.05) is 42.1 Å². The van der Waals surface area contributed by atoms with Gasteiger partial charge in [0.2, 0.25) is 0 Å². The quantitative estimate of drug-likeness (QED) is 0.704. The van der Waals surface area contributed by atoms with Crippen LogP contribution in [-0.4, -0.2) is 14.8 Å². The summed E-state index contributed by atoms with van der Waals surface area (Å²) < 4.78 is 1.87. The second-order valence-electron chi connectivity index (χ2n) is 4.33. The van der Waals surface area contributed by atoms with E-state index in [0.717, 1.165) is 22.2 Å². The van der Waals surface area contributed by atoms with Crippen LogP contribution >= 0.6 is 11.6 Å². The highest BCUT2D eigenvalue weighted by Crippen LogP contribution is 2.23. The molecule has 4 heteroatoms. The van der Waals surface area contributed by atoms with Gasteiger partial charge >= 0.3 is 0 Å². The molecule has 0 atom stereocenters. The molecular formula is C14H12ClN3. The maximum Gasteiger partial charge on any atom is 0.111 e. The Labute approximate surface area is 110 Å². The van der Waals surface area contributed by atoms with Crippen LogP contribution < -0.4 is 0 Å². The highest BCUT2D eigenvalue weighted by molar-refractivity contribution is 6.35. The predicted octanol–water partition coefficient (Wildman–Crippen LogP) is 3.44. The van der Waals surface area contributed by atoms with Crippen molar-refractivity contribution in [3.05, 3.63) is 59.0 Å². The molecule has 18 heavy (non-hydrogen) atoms. The minimum Gasteiger partial charge on any atom is -0.265 e. The molecule has 2 heterocycles. The number of halogens is 1. The van der Waals surface area contributed by atoms with Crippen molar-refractivity contribution in [1.82, 2.24) is 14.8 Å². The van der Waals surface area contributed by atoms with E-state index in [0.29, 0.717) is 11.6 Å². The number of benzene rings is 1. The highest BCUT2D eigenvalue weighted by Gasteiger charge is 2.06. The van der Waals surface area contributed by atoms with Gasteiger partial charge in [-0.1, -0.05) is 17.7 Å². The second kappa shape index (κ2) is 4.42.